The molecule has 4 heteroatoms. The zero-order chi connectivity index (χ0) is 14.7. The molecule has 0 saturated carbocycles. The Labute approximate surface area is 126 Å². The highest BCUT2D eigenvalue weighted by Crippen LogP contribution is 2.23. The molecule has 3 rings (SSSR count). The number of nitrogens with one attached hydrogen (secondary N) is 1. The molecule has 2 aromatic rings. The summed E-state index contributed by atoms with van der Waals surface area (Å²) in [7, 11) is 0. The lowest BCUT2D eigenvalue weighted by atomic mass is 10.0. The maximum Gasteiger partial charge on any atom is 0.151 e. The fraction of sp³-hybridized carbons (Fsp3) is 0.412. The molecular weight excluding hydrogens is 260 g/mol. The van der Waals surface area contributed by atoms with Gasteiger partial charge in [0.1, 0.15) is 0 Å². The fourth-order valence-electron chi connectivity index (χ4n) is 2.72. The zero-order valence-corrected chi connectivity index (χ0v) is 12.8. The molecule has 2 heterocycles. The number of hydrogen-bond donors (Lipinski definition) is 1. The van der Waals surface area contributed by atoms with E-state index >= 15 is 0 Å². The van der Waals surface area contributed by atoms with Crippen molar-refractivity contribution in [3.63, 3.8) is 0 Å². The molecule has 1 fully saturated rings. The number of aryl methyl sites for hydroxylation is 2. The average molecular weight is 282 g/mol. The van der Waals surface area contributed by atoms with Crippen LogP contribution in [0.15, 0.2) is 30.3 Å². The second kappa shape index (κ2) is 6.22. The van der Waals surface area contributed by atoms with E-state index in [0.717, 1.165) is 44.1 Å². The minimum atomic E-state index is 0.952. The van der Waals surface area contributed by atoms with Crippen molar-refractivity contribution >= 4 is 5.82 Å². The predicted octanol–water partition coefficient (Wildman–Crippen LogP) is 2.56. The number of anilines is 1. The van der Waals surface area contributed by atoms with Crippen LogP contribution in [0.3, 0.4) is 0 Å². The third kappa shape index (κ3) is 3.22. The topological polar surface area (TPSA) is 41.0 Å². The maximum atomic E-state index is 4.44. The number of nitrogens with zero attached hydrogens (tertiary/aromatic N) is 3. The van der Waals surface area contributed by atoms with E-state index in [4.69, 9.17) is 0 Å². The van der Waals surface area contributed by atoms with E-state index in [1.54, 1.807) is 0 Å². The van der Waals surface area contributed by atoms with E-state index in [2.05, 4.69) is 64.6 Å². The minimum Gasteiger partial charge on any atom is -0.354 e. The largest absolute Gasteiger partial charge is 0.354 e. The molecule has 1 aromatic carbocycles. The lowest BCUT2D eigenvalue weighted by Crippen LogP contribution is -2.28. The minimum absolute atomic E-state index is 0.952. The smallest absolute Gasteiger partial charge is 0.151 e. The molecule has 0 aliphatic carbocycles. The van der Waals surface area contributed by atoms with Crippen LogP contribution in [0, 0.1) is 13.8 Å². The third-order valence-electron chi connectivity index (χ3n) is 3.98. The van der Waals surface area contributed by atoms with Crippen LogP contribution in [-0.4, -0.2) is 36.4 Å². The highest BCUT2D eigenvalue weighted by atomic mass is 15.3. The number of rotatable bonds is 2. The van der Waals surface area contributed by atoms with Gasteiger partial charge in [0.05, 0.1) is 5.69 Å². The first kappa shape index (κ1) is 14.0. The molecule has 110 valence electrons. The molecule has 1 aliphatic rings. The molecule has 1 saturated heterocycles. The average Bonchev–Trinajstić information content (AvgIpc) is 2.79. The SMILES string of the molecule is Cc1ccc(C)c(-c2ccc(N3CCCNCC3)nn2)c1. The van der Waals surface area contributed by atoms with Gasteiger partial charge in [0.15, 0.2) is 5.82 Å². The summed E-state index contributed by atoms with van der Waals surface area (Å²) in [4.78, 5) is 2.31. The number of hydrogen-bond acceptors (Lipinski definition) is 4. The standard InChI is InChI=1S/C17H22N4/c1-13-4-5-14(2)15(12-13)16-6-7-17(20-19-16)21-10-3-8-18-9-11-21/h4-7,12,18H,3,8-11H2,1-2H3. The Kier molecular flexibility index (Phi) is 4.15. The normalized spacial score (nSPS) is 15.8. The Morgan fingerprint density at radius 2 is 1.90 bits per heavy atom. The van der Waals surface area contributed by atoms with E-state index < -0.39 is 0 Å². The van der Waals surface area contributed by atoms with E-state index in [9.17, 15) is 0 Å². The van der Waals surface area contributed by atoms with E-state index in [0.29, 0.717) is 0 Å². The highest BCUT2D eigenvalue weighted by molar-refractivity contribution is 5.64. The quantitative estimate of drug-likeness (QED) is 0.919. The van der Waals surface area contributed by atoms with Gasteiger partial charge < -0.3 is 10.2 Å². The molecule has 1 aromatic heterocycles. The van der Waals surface area contributed by atoms with Crippen molar-refractivity contribution in [2.45, 2.75) is 20.3 Å². The van der Waals surface area contributed by atoms with Crippen LogP contribution in [0.1, 0.15) is 17.5 Å². The van der Waals surface area contributed by atoms with Crippen LogP contribution in [0.2, 0.25) is 0 Å². The molecule has 0 unspecified atom stereocenters. The first-order valence-electron chi connectivity index (χ1n) is 7.61. The molecule has 1 N–H and O–H groups in total. The maximum absolute atomic E-state index is 4.44. The molecule has 1 aliphatic heterocycles. The summed E-state index contributed by atoms with van der Waals surface area (Å²) in [6.07, 6.45) is 1.15. The van der Waals surface area contributed by atoms with Crippen molar-refractivity contribution in [1.29, 1.82) is 0 Å². The molecule has 4 nitrogen and oxygen atoms in total. The molecule has 0 amide bonds. The van der Waals surface area contributed by atoms with Gasteiger partial charge in [-0.1, -0.05) is 17.7 Å². The Hall–Kier alpha value is -1.94. The highest BCUT2D eigenvalue weighted by Gasteiger charge is 2.12. The Morgan fingerprint density at radius 1 is 1.00 bits per heavy atom. The summed E-state index contributed by atoms with van der Waals surface area (Å²) in [5.74, 6) is 0.979. The molecule has 21 heavy (non-hydrogen) atoms. The van der Waals surface area contributed by atoms with E-state index in [1.807, 2.05) is 0 Å². The van der Waals surface area contributed by atoms with Crippen LogP contribution in [0.25, 0.3) is 11.3 Å². The summed E-state index contributed by atoms with van der Waals surface area (Å²) in [5, 5.41) is 12.3. The summed E-state index contributed by atoms with van der Waals surface area (Å²) in [6.45, 7) is 8.37. The van der Waals surface area contributed by atoms with Crippen LogP contribution in [0.4, 0.5) is 5.82 Å². The summed E-state index contributed by atoms with van der Waals surface area (Å²) in [6, 6.07) is 10.6. The van der Waals surface area contributed by atoms with E-state index in [1.165, 1.54) is 16.7 Å². The molecule has 0 spiro atoms. The first-order valence-corrected chi connectivity index (χ1v) is 7.61. The van der Waals surface area contributed by atoms with Gasteiger partial charge >= 0.3 is 0 Å². The summed E-state index contributed by atoms with van der Waals surface area (Å²) in [5.41, 5.74) is 4.61. The van der Waals surface area contributed by atoms with Crippen molar-refractivity contribution in [2.24, 2.45) is 0 Å². The van der Waals surface area contributed by atoms with Gasteiger partial charge in [0.2, 0.25) is 0 Å². The van der Waals surface area contributed by atoms with Gasteiger partial charge in [-0.2, -0.15) is 0 Å². The second-order valence-electron chi connectivity index (χ2n) is 5.69. The van der Waals surface area contributed by atoms with Crippen molar-refractivity contribution in [3.05, 3.63) is 41.5 Å². The molecular formula is C17H22N4. The lowest BCUT2D eigenvalue weighted by molar-refractivity contribution is 0.724. The first-order chi connectivity index (χ1) is 10.2. The van der Waals surface area contributed by atoms with Crippen molar-refractivity contribution in [2.75, 3.05) is 31.1 Å². The second-order valence-corrected chi connectivity index (χ2v) is 5.69. The zero-order valence-electron chi connectivity index (χ0n) is 12.8. The van der Waals surface area contributed by atoms with Crippen molar-refractivity contribution in [1.82, 2.24) is 15.5 Å². The number of aromatic nitrogens is 2. The Balaban J connectivity index is 1.84. The van der Waals surface area contributed by atoms with Gasteiger partial charge in [-0.3, -0.25) is 0 Å². The van der Waals surface area contributed by atoms with Crippen LogP contribution >= 0.6 is 0 Å². The van der Waals surface area contributed by atoms with Crippen molar-refractivity contribution in [3.8, 4) is 11.3 Å². The van der Waals surface area contributed by atoms with Crippen LogP contribution < -0.4 is 10.2 Å². The predicted molar refractivity (Wildman–Crippen MR) is 86.6 cm³/mol. The fourth-order valence-corrected chi connectivity index (χ4v) is 2.72. The third-order valence-corrected chi connectivity index (χ3v) is 3.98. The molecule has 0 atom stereocenters. The summed E-state index contributed by atoms with van der Waals surface area (Å²) < 4.78 is 0. The van der Waals surface area contributed by atoms with Crippen LogP contribution in [-0.2, 0) is 0 Å². The molecule has 0 radical (unpaired) electrons. The molecule has 0 bridgehead atoms. The van der Waals surface area contributed by atoms with E-state index in [-0.39, 0.29) is 0 Å². The van der Waals surface area contributed by atoms with Gasteiger partial charge in [-0.25, -0.2) is 0 Å². The van der Waals surface area contributed by atoms with Gasteiger partial charge in [0.25, 0.3) is 0 Å². The number of benzene rings is 1. The monoisotopic (exact) mass is 282 g/mol. The van der Waals surface area contributed by atoms with Crippen LogP contribution in [0.5, 0.6) is 0 Å². The van der Waals surface area contributed by atoms with Gasteiger partial charge in [-0.05, 0) is 50.6 Å². The summed E-state index contributed by atoms with van der Waals surface area (Å²) >= 11 is 0. The Morgan fingerprint density at radius 3 is 2.71 bits per heavy atom. The lowest BCUT2D eigenvalue weighted by Gasteiger charge is -2.20. The van der Waals surface area contributed by atoms with Crippen molar-refractivity contribution < 1.29 is 0 Å². The van der Waals surface area contributed by atoms with Gasteiger partial charge in [0, 0.05) is 25.2 Å². The van der Waals surface area contributed by atoms with Gasteiger partial charge in [-0.15, -0.1) is 10.2 Å². The Bertz CT molecular complexity index is 599.